The number of halogens is 1. The number of hydrogen-bond donors (Lipinski definition) is 0. The molecule has 1 aromatic rings. The molecule has 0 radical (unpaired) electrons. The Bertz CT molecular complexity index is 399. The summed E-state index contributed by atoms with van der Waals surface area (Å²) in [6, 6.07) is 8.08. The Balaban J connectivity index is 2.58. The fourth-order valence-electron chi connectivity index (χ4n) is 1.30. The van der Waals surface area contributed by atoms with Gasteiger partial charge in [-0.15, -0.1) is 0 Å². The van der Waals surface area contributed by atoms with Crippen LogP contribution >= 0.6 is 22.6 Å². The molecular formula is C13H15IO2. The molecule has 1 unspecified atom stereocenters. The summed E-state index contributed by atoms with van der Waals surface area (Å²) in [6.45, 7) is 7.10. The molecule has 16 heavy (non-hydrogen) atoms. The normalized spacial score (nSPS) is 11.9. The molecule has 3 heteroatoms. The molecule has 1 rings (SSSR count). The zero-order valence-corrected chi connectivity index (χ0v) is 11.7. The third-order valence-electron chi connectivity index (χ3n) is 2.12. The van der Waals surface area contributed by atoms with Crippen LogP contribution in [0.25, 0.3) is 0 Å². The first kappa shape index (κ1) is 13.2. The number of benzene rings is 1. The van der Waals surface area contributed by atoms with Gasteiger partial charge in [0, 0.05) is 15.6 Å². The molecule has 1 atom stereocenters. The van der Waals surface area contributed by atoms with Crippen molar-refractivity contribution in [1.29, 1.82) is 0 Å². The molecule has 0 aromatic heterocycles. The number of esters is 1. The van der Waals surface area contributed by atoms with Gasteiger partial charge in [-0.2, -0.15) is 0 Å². The highest BCUT2D eigenvalue weighted by Crippen LogP contribution is 2.15. The van der Waals surface area contributed by atoms with Crippen LogP contribution in [0.1, 0.15) is 19.4 Å². The standard InChI is InChI=1S/C13H15IO2/c1-9(2)13(15)16-10(3)8-11-6-4-5-7-12(11)14/h4-7,10H,1,8H2,2-3H3. The first-order valence-electron chi connectivity index (χ1n) is 5.10. The first-order valence-corrected chi connectivity index (χ1v) is 6.18. The Morgan fingerprint density at radius 1 is 1.50 bits per heavy atom. The molecule has 0 aliphatic carbocycles. The van der Waals surface area contributed by atoms with Gasteiger partial charge in [-0.05, 0) is 48.1 Å². The smallest absolute Gasteiger partial charge is 0.333 e. The van der Waals surface area contributed by atoms with Crippen molar-refractivity contribution in [2.45, 2.75) is 26.4 Å². The van der Waals surface area contributed by atoms with Crippen molar-refractivity contribution >= 4 is 28.6 Å². The van der Waals surface area contributed by atoms with E-state index >= 15 is 0 Å². The summed E-state index contributed by atoms with van der Waals surface area (Å²) in [7, 11) is 0. The highest BCUT2D eigenvalue weighted by atomic mass is 127. The molecule has 0 saturated carbocycles. The van der Waals surface area contributed by atoms with Crippen LogP contribution in [0, 0.1) is 3.57 Å². The minimum absolute atomic E-state index is 0.125. The van der Waals surface area contributed by atoms with Crippen molar-refractivity contribution in [2.75, 3.05) is 0 Å². The maximum absolute atomic E-state index is 11.3. The summed E-state index contributed by atoms with van der Waals surface area (Å²) in [6.07, 6.45) is 0.609. The highest BCUT2D eigenvalue weighted by Gasteiger charge is 2.11. The minimum Gasteiger partial charge on any atom is -0.459 e. The largest absolute Gasteiger partial charge is 0.459 e. The second-order valence-electron chi connectivity index (χ2n) is 3.79. The maximum atomic E-state index is 11.3. The van der Waals surface area contributed by atoms with Gasteiger partial charge < -0.3 is 4.74 Å². The van der Waals surface area contributed by atoms with Gasteiger partial charge in [0.05, 0.1) is 0 Å². The van der Waals surface area contributed by atoms with E-state index in [1.54, 1.807) is 6.92 Å². The van der Waals surface area contributed by atoms with Crippen molar-refractivity contribution in [3.05, 3.63) is 45.6 Å². The predicted octanol–water partition coefficient (Wildman–Crippen LogP) is 3.34. The van der Waals surface area contributed by atoms with E-state index in [1.807, 2.05) is 31.2 Å². The monoisotopic (exact) mass is 330 g/mol. The van der Waals surface area contributed by atoms with Gasteiger partial charge in [0.2, 0.25) is 0 Å². The Morgan fingerprint density at radius 2 is 2.12 bits per heavy atom. The van der Waals surface area contributed by atoms with E-state index in [4.69, 9.17) is 4.74 Å². The summed E-state index contributed by atoms with van der Waals surface area (Å²) in [5.41, 5.74) is 1.64. The van der Waals surface area contributed by atoms with Gasteiger partial charge in [-0.1, -0.05) is 24.8 Å². The fraction of sp³-hybridized carbons (Fsp3) is 0.308. The lowest BCUT2D eigenvalue weighted by Crippen LogP contribution is -2.18. The molecule has 0 amide bonds. The highest BCUT2D eigenvalue weighted by molar-refractivity contribution is 14.1. The first-order chi connectivity index (χ1) is 7.50. The predicted molar refractivity (Wildman–Crippen MR) is 73.2 cm³/mol. The van der Waals surface area contributed by atoms with Crippen LogP contribution in [-0.2, 0) is 16.0 Å². The summed E-state index contributed by atoms with van der Waals surface area (Å²) in [4.78, 5) is 11.3. The van der Waals surface area contributed by atoms with E-state index in [0.29, 0.717) is 5.57 Å². The molecule has 0 heterocycles. The summed E-state index contributed by atoms with van der Waals surface area (Å²) in [5.74, 6) is -0.321. The second kappa shape index (κ2) is 6.03. The average Bonchev–Trinajstić information content (AvgIpc) is 2.21. The quantitative estimate of drug-likeness (QED) is 0.481. The average molecular weight is 330 g/mol. The molecule has 0 fully saturated rings. The Labute approximate surface area is 110 Å². The topological polar surface area (TPSA) is 26.3 Å². The summed E-state index contributed by atoms with van der Waals surface area (Å²) >= 11 is 2.28. The van der Waals surface area contributed by atoms with Crippen LogP contribution in [0.5, 0.6) is 0 Å². The maximum Gasteiger partial charge on any atom is 0.333 e. The molecular weight excluding hydrogens is 315 g/mol. The van der Waals surface area contributed by atoms with Gasteiger partial charge in [0.25, 0.3) is 0 Å². The van der Waals surface area contributed by atoms with E-state index in [2.05, 4.69) is 29.2 Å². The Morgan fingerprint density at radius 3 is 2.69 bits per heavy atom. The number of carbonyl (C=O) groups is 1. The summed E-state index contributed by atoms with van der Waals surface area (Å²) in [5, 5.41) is 0. The number of hydrogen-bond acceptors (Lipinski definition) is 2. The van der Waals surface area contributed by atoms with Crippen LogP contribution in [0.2, 0.25) is 0 Å². The van der Waals surface area contributed by atoms with Gasteiger partial charge >= 0.3 is 5.97 Å². The van der Waals surface area contributed by atoms with Crippen LogP contribution in [0.15, 0.2) is 36.4 Å². The van der Waals surface area contributed by atoms with Crippen LogP contribution in [0.3, 0.4) is 0 Å². The van der Waals surface area contributed by atoms with Crippen LogP contribution < -0.4 is 0 Å². The third-order valence-corrected chi connectivity index (χ3v) is 3.17. The van der Waals surface area contributed by atoms with Gasteiger partial charge in [-0.25, -0.2) is 4.79 Å². The van der Waals surface area contributed by atoms with E-state index in [9.17, 15) is 4.79 Å². The van der Waals surface area contributed by atoms with Gasteiger partial charge in [0.1, 0.15) is 6.10 Å². The Hall–Kier alpha value is -0.840. The Kier molecular flexibility index (Phi) is 4.99. The molecule has 0 bridgehead atoms. The molecule has 0 N–H and O–H groups in total. The minimum atomic E-state index is -0.321. The summed E-state index contributed by atoms with van der Waals surface area (Å²) < 4.78 is 6.42. The van der Waals surface area contributed by atoms with Crippen molar-refractivity contribution in [1.82, 2.24) is 0 Å². The lowest BCUT2D eigenvalue weighted by atomic mass is 10.1. The van der Waals surface area contributed by atoms with E-state index < -0.39 is 0 Å². The molecule has 0 aliphatic heterocycles. The number of rotatable bonds is 4. The molecule has 2 nitrogen and oxygen atoms in total. The second-order valence-corrected chi connectivity index (χ2v) is 4.95. The van der Waals surface area contributed by atoms with Gasteiger partial charge in [-0.3, -0.25) is 0 Å². The molecule has 0 aliphatic rings. The SMILES string of the molecule is C=C(C)C(=O)OC(C)Cc1ccccc1I. The molecule has 0 spiro atoms. The van der Waals surface area contributed by atoms with Crippen molar-refractivity contribution < 1.29 is 9.53 Å². The lowest BCUT2D eigenvalue weighted by Gasteiger charge is -2.14. The number of ether oxygens (including phenoxy) is 1. The third kappa shape index (κ3) is 3.96. The zero-order chi connectivity index (χ0) is 12.1. The zero-order valence-electron chi connectivity index (χ0n) is 9.50. The van der Waals surface area contributed by atoms with E-state index in [-0.39, 0.29) is 12.1 Å². The van der Waals surface area contributed by atoms with Gasteiger partial charge in [0.15, 0.2) is 0 Å². The molecule has 0 saturated heterocycles. The van der Waals surface area contributed by atoms with Crippen molar-refractivity contribution in [3.8, 4) is 0 Å². The lowest BCUT2D eigenvalue weighted by molar-refractivity contribution is -0.143. The van der Waals surface area contributed by atoms with Crippen LogP contribution in [0.4, 0.5) is 0 Å². The fourth-order valence-corrected chi connectivity index (χ4v) is 1.91. The molecule has 86 valence electrons. The molecule has 1 aromatic carbocycles. The van der Waals surface area contributed by atoms with E-state index in [0.717, 1.165) is 6.42 Å². The van der Waals surface area contributed by atoms with Crippen molar-refractivity contribution in [3.63, 3.8) is 0 Å². The van der Waals surface area contributed by atoms with Crippen molar-refractivity contribution in [2.24, 2.45) is 0 Å². The number of carbonyl (C=O) groups excluding carboxylic acids is 1. The van der Waals surface area contributed by atoms with Crippen LogP contribution in [-0.4, -0.2) is 12.1 Å². The van der Waals surface area contributed by atoms with E-state index in [1.165, 1.54) is 9.13 Å².